The van der Waals surface area contributed by atoms with Gasteiger partial charge in [0.1, 0.15) is 13.2 Å². The maximum Gasteiger partial charge on any atom is 0.276 e. The number of fused-ring (bicyclic) bond motifs is 4. The van der Waals surface area contributed by atoms with Gasteiger partial charge in [0.15, 0.2) is 11.5 Å². The van der Waals surface area contributed by atoms with Crippen LogP contribution in [0.15, 0.2) is 36.4 Å². The van der Waals surface area contributed by atoms with Gasteiger partial charge in [-0.25, -0.2) is 0 Å². The third-order valence-corrected chi connectivity index (χ3v) is 5.73. The van der Waals surface area contributed by atoms with Gasteiger partial charge in [-0.2, -0.15) is 0 Å². The van der Waals surface area contributed by atoms with Crippen LogP contribution in [-0.4, -0.2) is 36.0 Å². The Hall–Kier alpha value is -3.22. The van der Waals surface area contributed by atoms with Crippen molar-refractivity contribution in [1.82, 2.24) is 4.90 Å². The number of nitrogens with one attached hydrogen (secondary N) is 2. The summed E-state index contributed by atoms with van der Waals surface area (Å²) in [5, 5.41) is 6.32. The molecule has 2 atom stereocenters. The topological polar surface area (TPSA) is 79.9 Å². The highest BCUT2D eigenvalue weighted by atomic mass is 16.6. The van der Waals surface area contributed by atoms with E-state index in [1.165, 1.54) is 0 Å². The molecule has 0 unspecified atom stereocenters. The van der Waals surface area contributed by atoms with Crippen molar-refractivity contribution in [2.24, 2.45) is 0 Å². The van der Waals surface area contributed by atoms with E-state index >= 15 is 0 Å². The van der Waals surface area contributed by atoms with Gasteiger partial charge in [-0.15, -0.1) is 0 Å². The van der Waals surface area contributed by atoms with E-state index < -0.39 is 5.66 Å². The number of anilines is 2. The number of rotatable bonds is 2. The Labute approximate surface area is 162 Å². The van der Waals surface area contributed by atoms with Crippen LogP contribution in [0.1, 0.15) is 36.2 Å². The third-order valence-electron chi connectivity index (χ3n) is 5.73. The lowest BCUT2D eigenvalue weighted by molar-refractivity contribution is -0.126. The first-order chi connectivity index (χ1) is 13.6. The van der Waals surface area contributed by atoms with Gasteiger partial charge in [-0.1, -0.05) is 19.1 Å². The summed E-state index contributed by atoms with van der Waals surface area (Å²) in [6, 6.07) is 10.7. The fourth-order valence-electron chi connectivity index (χ4n) is 4.22. The zero-order valence-electron chi connectivity index (χ0n) is 15.7. The molecule has 0 aromatic heterocycles. The molecule has 2 amide bonds. The van der Waals surface area contributed by atoms with Crippen LogP contribution in [0.2, 0.25) is 0 Å². The number of benzene rings is 2. The standard InChI is InChI=1S/C21H21N3O4/c1-3-12(2)24-19(25)13-6-4-5-7-15(13)23-21(24)14-10-17-18(28-9-8-27-17)11-16(14)22-20(21)26/h4-7,10-12,23H,3,8-9H2,1-2H3,(H,22,26)/t12-,21+/m1/s1. The normalized spacial score (nSPS) is 23.0. The molecule has 3 aliphatic heterocycles. The first kappa shape index (κ1) is 16.9. The lowest BCUT2D eigenvalue weighted by atomic mass is 9.90. The number of carbonyl (C=O) groups excluding carboxylic acids is 2. The number of hydrogen-bond acceptors (Lipinski definition) is 5. The first-order valence-electron chi connectivity index (χ1n) is 9.52. The lowest BCUT2D eigenvalue weighted by Gasteiger charge is -2.47. The number of amides is 2. The molecule has 0 radical (unpaired) electrons. The van der Waals surface area contributed by atoms with Gasteiger partial charge in [0.05, 0.1) is 11.3 Å². The van der Waals surface area contributed by atoms with Crippen LogP contribution in [0, 0.1) is 0 Å². The summed E-state index contributed by atoms with van der Waals surface area (Å²) in [6.07, 6.45) is 0.713. The van der Waals surface area contributed by atoms with Gasteiger partial charge in [-0.3, -0.25) is 9.59 Å². The van der Waals surface area contributed by atoms with Gasteiger partial charge >= 0.3 is 0 Å². The molecule has 7 heteroatoms. The minimum absolute atomic E-state index is 0.154. The first-order valence-corrected chi connectivity index (χ1v) is 9.52. The summed E-state index contributed by atoms with van der Waals surface area (Å²) in [5.74, 6) is 0.729. The van der Waals surface area contributed by atoms with Crippen LogP contribution >= 0.6 is 0 Å². The maximum atomic E-state index is 13.5. The molecule has 0 bridgehead atoms. The smallest absolute Gasteiger partial charge is 0.276 e. The van der Waals surface area contributed by atoms with Gasteiger partial charge in [-0.05, 0) is 31.5 Å². The van der Waals surface area contributed by atoms with Crippen molar-refractivity contribution in [3.05, 3.63) is 47.5 Å². The Morgan fingerprint density at radius 2 is 1.82 bits per heavy atom. The lowest BCUT2D eigenvalue weighted by Crippen LogP contribution is -2.63. The highest BCUT2D eigenvalue weighted by molar-refractivity contribution is 6.14. The summed E-state index contributed by atoms with van der Waals surface area (Å²) in [6.45, 7) is 4.88. The number of hydrogen-bond donors (Lipinski definition) is 2. The Morgan fingerprint density at radius 1 is 1.11 bits per heavy atom. The highest BCUT2D eigenvalue weighted by Crippen LogP contribution is 2.50. The van der Waals surface area contributed by atoms with Crippen molar-refractivity contribution in [2.75, 3.05) is 23.8 Å². The zero-order chi connectivity index (χ0) is 19.5. The molecule has 2 N–H and O–H groups in total. The van der Waals surface area contributed by atoms with E-state index in [1.807, 2.05) is 38.1 Å². The second-order valence-corrected chi connectivity index (χ2v) is 7.31. The predicted octanol–water partition coefficient (Wildman–Crippen LogP) is 2.93. The average molecular weight is 379 g/mol. The number of para-hydroxylation sites is 1. The van der Waals surface area contributed by atoms with E-state index in [4.69, 9.17) is 9.47 Å². The minimum Gasteiger partial charge on any atom is -0.486 e. The summed E-state index contributed by atoms with van der Waals surface area (Å²) in [5.41, 5.74) is 1.18. The summed E-state index contributed by atoms with van der Waals surface area (Å²) < 4.78 is 11.4. The predicted molar refractivity (Wildman–Crippen MR) is 104 cm³/mol. The molecule has 2 aromatic rings. The molecule has 28 heavy (non-hydrogen) atoms. The van der Waals surface area contributed by atoms with E-state index in [-0.39, 0.29) is 17.9 Å². The molecule has 3 heterocycles. The molecule has 144 valence electrons. The van der Waals surface area contributed by atoms with Gasteiger partial charge in [0.25, 0.3) is 11.8 Å². The minimum atomic E-state index is -1.33. The Balaban J connectivity index is 1.76. The van der Waals surface area contributed by atoms with E-state index in [9.17, 15) is 9.59 Å². The summed E-state index contributed by atoms with van der Waals surface area (Å²) in [7, 11) is 0. The van der Waals surface area contributed by atoms with E-state index in [0.717, 1.165) is 0 Å². The zero-order valence-corrected chi connectivity index (χ0v) is 15.7. The van der Waals surface area contributed by atoms with Crippen molar-refractivity contribution in [3.63, 3.8) is 0 Å². The molecule has 0 aliphatic carbocycles. The number of nitrogens with zero attached hydrogens (tertiary/aromatic N) is 1. The fraction of sp³-hybridized carbons (Fsp3) is 0.333. The molecule has 3 aliphatic rings. The van der Waals surface area contributed by atoms with Gasteiger partial charge in [0, 0.05) is 23.4 Å². The van der Waals surface area contributed by atoms with Crippen LogP contribution in [0.4, 0.5) is 11.4 Å². The van der Waals surface area contributed by atoms with Crippen molar-refractivity contribution < 1.29 is 19.1 Å². The molecular weight excluding hydrogens is 358 g/mol. The second kappa shape index (κ2) is 5.89. The third kappa shape index (κ3) is 2.10. The van der Waals surface area contributed by atoms with Crippen LogP contribution in [0.5, 0.6) is 11.5 Å². The van der Waals surface area contributed by atoms with Crippen LogP contribution in [0.3, 0.4) is 0 Å². The van der Waals surface area contributed by atoms with E-state index in [1.54, 1.807) is 17.0 Å². The maximum absolute atomic E-state index is 13.5. The second-order valence-electron chi connectivity index (χ2n) is 7.31. The Morgan fingerprint density at radius 3 is 2.57 bits per heavy atom. The van der Waals surface area contributed by atoms with Gasteiger partial charge < -0.3 is 25.0 Å². The molecule has 1 spiro atoms. The van der Waals surface area contributed by atoms with Crippen molar-refractivity contribution in [2.45, 2.75) is 32.0 Å². The largest absolute Gasteiger partial charge is 0.486 e. The molecule has 2 aromatic carbocycles. The highest BCUT2D eigenvalue weighted by Gasteiger charge is 2.58. The Kier molecular flexibility index (Phi) is 3.56. The van der Waals surface area contributed by atoms with Crippen molar-refractivity contribution >= 4 is 23.2 Å². The van der Waals surface area contributed by atoms with E-state index in [2.05, 4.69) is 10.6 Å². The molecular formula is C21H21N3O4. The van der Waals surface area contributed by atoms with Crippen LogP contribution in [0.25, 0.3) is 0 Å². The molecule has 7 nitrogen and oxygen atoms in total. The number of carbonyl (C=O) groups is 2. The Bertz CT molecular complexity index is 1010. The van der Waals surface area contributed by atoms with Crippen molar-refractivity contribution in [3.8, 4) is 11.5 Å². The number of ether oxygens (including phenoxy) is 2. The quantitative estimate of drug-likeness (QED) is 0.839. The molecule has 0 saturated heterocycles. The average Bonchev–Trinajstić information content (AvgIpc) is 2.97. The SMILES string of the molecule is CC[C@@H](C)N1C(=O)c2ccccc2N[C@]12C(=O)Nc1cc3c(cc12)OCCO3. The van der Waals surface area contributed by atoms with Crippen LogP contribution in [-0.2, 0) is 10.5 Å². The van der Waals surface area contributed by atoms with E-state index in [0.29, 0.717) is 53.6 Å². The summed E-state index contributed by atoms with van der Waals surface area (Å²) in [4.78, 5) is 28.5. The molecule has 0 saturated carbocycles. The summed E-state index contributed by atoms with van der Waals surface area (Å²) >= 11 is 0. The van der Waals surface area contributed by atoms with Gasteiger partial charge in [0.2, 0.25) is 5.66 Å². The molecule has 0 fully saturated rings. The fourth-order valence-corrected chi connectivity index (χ4v) is 4.22. The van der Waals surface area contributed by atoms with Crippen LogP contribution < -0.4 is 20.1 Å². The monoisotopic (exact) mass is 379 g/mol. The van der Waals surface area contributed by atoms with Crippen molar-refractivity contribution in [1.29, 1.82) is 0 Å². The molecule has 5 rings (SSSR count).